The van der Waals surface area contributed by atoms with Gasteiger partial charge in [-0.05, 0) is 18.6 Å². The fourth-order valence-electron chi connectivity index (χ4n) is 1.49. The van der Waals surface area contributed by atoms with Gasteiger partial charge in [-0.1, -0.05) is 29.8 Å². The Hall–Kier alpha value is -1.22. The fourth-order valence-corrected chi connectivity index (χ4v) is 1.72. The average molecular weight is 228 g/mol. The number of aryl methyl sites for hydroxylation is 1. The SMILES string of the molecule is Cc1cccc2cc(C(F)F)c(Cl)nc12. The zero-order valence-electron chi connectivity index (χ0n) is 7.97. The van der Waals surface area contributed by atoms with Crippen molar-refractivity contribution in [3.8, 4) is 0 Å². The highest BCUT2D eigenvalue weighted by atomic mass is 35.5. The Kier molecular flexibility index (Phi) is 2.57. The number of pyridine rings is 1. The molecule has 0 unspecified atom stereocenters. The highest BCUT2D eigenvalue weighted by Crippen LogP contribution is 2.29. The summed E-state index contributed by atoms with van der Waals surface area (Å²) >= 11 is 5.68. The molecule has 0 saturated carbocycles. The van der Waals surface area contributed by atoms with Crippen LogP contribution in [0.2, 0.25) is 5.15 Å². The van der Waals surface area contributed by atoms with Crippen molar-refractivity contribution < 1.29 is 8.78 Å². The first-order valence-corrected chi connectivity index (χ1v) is 4.81. The number of hydrogen-bond donors (Lipinski definition) is 0. The lowest BCUT2D eigenvalue weighted by atomic mass is 10.1. The standard InChI is InChI=1S/C11H8ClF2N/c1-6-3-2-4-7-5-8(11(13)14)10(12)15-9(6)7/h2-5,11H,1H3. The molecule has 0 aliphatic carbocycles. The van der Waals surface area contributed by atoms with E-state index in [0.29, 0.717) is 10.9 Å². The van der Waals surface area contributed by atoms with Crippen LogP contribution in [0.4, 0.5) is 8.78 Å². The van der Waals surface area contributed by atoms with Crippen LogP contribution in [0.5, 0.6) is 0 Å². The number of fused-ring (bicyclic) bond motifs is 1. The normalized spacial score (nSPS) is 11.3. The van der Waals surface area contributed by atoms with E-state index in [0.717, 1.165) is 5.56 Å². The summed E-state index contributed by atoms with van der Waals surface area (Å²) in [5, 5.41) is 0.571. The lowest BCUT2D eigenvalue weighted by Gasteiger charge is -2.06. The number of rotatable bonds is 1. The Balaban J connectivity index is 2.76. The van der Waals surface area contributed by atoms with Gasteiger partial charge in [-0.25, -0.2) is 13.8 Å². The van der Waals surface area contributed by atoms with Crippen molar-refractivity contribution >= 4 is 22.5 Å². The number of para-hydroxylation sites is 1. The van der Waals surface area contributed by atoms with Crippen LogP contribution < -0.4 is 0 Å². The van der Waals surface area contributed by atoms with E-state index in [4.69, 9.17) is 11.6 Å². The van der Waals surface area contributed by atoms with E-state index in [1.165, 1.54) is 6.07 Å². The Morgan fingerprint density at radius 3 is 2.73 bits per heavy atom. The van der Waals surface area contributed by atoms with Gasteiger partial charge in [0, 0.05) is 5.39 Å². The van der Waals surface area contributed by atoms with Gasteiger partial charge in [-0.15, -0.1) is 0 Å². The predicted octanol–water partition coefficient (Wildman–Crippen LogP) is 4.13. The second-order valence-corrected chi connectivity index (χ2v) is 3.67. The molecule has 0 fully saturated rings. The number of hydrogen-bond acceptors (Lipinski definition) is 1. The Labute approximate surface area is 90.7 Å². The van der Waals surface area contributed by atoms with Gasteiger partial charge >= 0.3 is 0 Å². The van der Waals surface area contributed by atoms with Crippen molar-refractivity contribution in [3.05, 3.63) is 40.5 Å². The molecule has 1 aromatic carbocycles. The van der Waals surface area contributed by atoms with E-state index in [1.54, 1.807) is 6.07 Å². The van der Waals surface area contributed by atoms with Gasteiger partial charge in [-0.2, -0.15) is 0 Å². The summed E-state index contributed by atoms with van der Waals surface area (Å²) in [6.07, 6.45) is -2.59. The van der Waals surface area contributed by atoms with Crippen LogP contribution in [-0.2, 0) is 0 Å². The molecule has 0 N–H and O–H groups in total. The van der Waals surface area contributed by atoms with Crippen molar-refractivity contribution in [1.29, 1.82) is 0 Å². The molecule has 15 heavy (non-hydrogen) atoms. The van der Waals surface area contributed by atoms with Crippen LogP contribution in [0.1, 0.15) is 17.6 Å². The third-order valence-electron chi connectivity index (χ3n) is 2.26. The molecule has 78 valence electrons. The molecule has 1 heterocycles. The first-order valence-electron chi connectivity index (χ1n) is 4.43. The van der Waals surface area contributed by atoms with Crippen LogP contribution in [0.25, 0.3) is 10.9 Å². The Morgan fingerprint density at radius 1 is 1.33 bits per heavy atom. The second kappa shape index (κ2) is 3.74. The lowest BCUT2D eigenvalue weighted by Crippen LogP contribution is -1.92. The van der Waals surface area contributed by atoms with E-state index in [2.05, 4.69) is 4.98 Å². The molecule has 0 radical (unpaired) electrons. The molecule has 0 saturated heterocycles. The van der Waals surface area contributed by atoms with E-state index in [-0.39, 0.29) is 10.7 Å². The first kappa shape index (κ1) is 10.3. The molecule has 0 atom stereocenters. The van der Waals surface area contributed by atoms with E-state index >= 15 is 0 Å². The van der Waals surface area contributed by atoms with Crippen LogP contribution in [-0.4, -0.2) is 4.98 Å². The Bertz CT molecular complexity index is 511. The minimum absolute atomic E-state index is 0.119. The number of alkyl halides is 2. The van der Waals surface area contributed by atoms with Crippen LogP contribution in [0.15, 0.2) is 24.3 Å². The highest BCUT2D eigenvalue weighted by Gasteiger charge is 2.14. The second-order valence-electron chi connectivity index (χ2n) is 3.32. The van der Waals surface area contributed by atoms with Crippen LogP contribution in [0.3, 0.4) is 0 Å². The molecule has 0 aliphatic heterocycles. The summed E-state index contributed by atoms with van der Waals surface area (Å²) in [4.78, 5) is 3.98. The van der Waals surface area contributed by atoms with E-state index in [9.17, 15) is 8.78 Å². The fraction of sp³-hybridized carbons (Fsp3) is 0.182. The zero-order chi connectivity index (χ0) is 11.0. The average Bonchev–Trinajstić information content (AvgIpc) is 2.18. The van der Waals surface area contributed by atoms with Gasteiger partial charge in [0.05, 0.1) is 11.1 Å². The number of nitrogens with zero attached hydrogens (tertiary/aromatic N) is 1. The highest BCUT2D eigenvalue weighted by molar-refractivity contribution is 6.30. The van der Waals surface area contributed by atoms with Gasteiger partial charge in [0.2, 0.25) is 0 Å². The summed E-state index contributed by atoms with van der Waals surface area (Å²) in [5.41, 5.74) is 1.39. The topological polar surface area (TPSA) is 12.9 Å². The summed E-state index contributed by atoms with van der Waals surface area (Å²) in [6, 6.07) is 6.82. The molecule has 0 amide bonds. The molecule has 2 rings (SSSR count). The van der Waals surface area contributed by atoms with Crippen molar-refractivity contribution in [2.24, 2.45) is 0 Å². The minimum atomic E-state index is -2.59. The van der Waals surface area contributed by atoms with Crippen LogP contribution >= 0.6 is 11.6 Å². The summed E-state index contributed by atoms with van der Waals surface area (Å²) in [5.74, 6) is 0. The van der Waals surface area contributed by atoms with E-state index in [1.807, 2.05) is 19.1 Å². The summed E-state index contributed by atoms with van der Waals surface area (Å²) < 4.78 is 25.1. The predicted molar refractivity (Wildman–Crippen MR) is 56.4 cm³/mol. The van der Waals surface area contributed by atoms with Gasteiger partial charge < -0.3 is 0 Å². The Morgan fingerprint density at radius 2 is 2.07 bits per heavy atom. The monoisotopic (exact) mass is 227 g/mol. The van der Waals surface area contributed by atoms with Crippen molar-refractivity contribution in [2.45, 2.75) is 13.3 Å². The number of benzene rings is 1. The van der Waals surface area contributed by atoms with Gasteiger partial charge in [-0.3, -0.25) is 0 Å². The minimum Gasteiger partial charge on any atom is -0.235 e. The molecular weight excluding hydrogens is 220 g/mol. The molecular formula is C11H8ClF2N. The van der Waals surface area contributed by atoms with Crippen molar-refractivity contribution in [2.75, 3.05) is 0 Å². The molecule has 2 aromatic rings. The van der Waals surface area contributed by atoms with Crippen molar-refractivity contribution in [1.82, 2.24) is 4.98 Å². The first-order chi connectivity index (χ1) is 7.09. The molecule has 1 nitrogen and oxygen atoms in total. The summed E-state index contributed by atoms with van der Waals surface area (Å²) in [6.45, 7) is 1.87. The number of halogens is 3. The van der Waals surface area contributed by atoms with Gasteiger partial charge in [0.25, 0.3) is 6.43 Å². The maximum atomic E-state index is 12.5. The van der Waals surface area contributed by atoms with Gasteiger partial charge in [0.1, 0.15) is 5.15 Å². The largest absolute Gasteiger partial charge is 0.266 e. The quantitative estimate of drug-likeness (QED) is 0.668. The maximum Gasteiger partial charge on any atom is 0.266 e. The van der Waals surface area contributed by atoms with Gasteiger partial charge in [0.15, 0.2) is 0 Å². The molecule has 0 bridgehead atoms. The number of aromatic nitrogens is 1. The summed E-state index contributed by atoms with van der Waals surface area (Å²) in [7, 11) is 0. The molecule has 1 aromatic heterocycles. The van der Waals surface area contributed by atoms with E-state index < -0.39 is 6.43 Å². The third-order valence-corrected chi connectivity index (χ3v) is 2.57. The molecule has 4 heteroatoms. The lowest BCUT2D eigenvalue weighted by molar-refractivity contribution is 0.151. The molecule has 0 spiro atoms. The van der Waals surface area contributed by atoms with Crippen LogP contribution in [0, 0.1) is 6.92 Å². The zero-order valence-corrected chi connectivity index (χ0v) is 8.72. The smallest absolute Gasteiger partial charge is 0.235 e. The van der Waals surface area contributed by atoms with Crippen molar-refractivity contribution in [3.63, 3.8) is 0 Å². The molecule has 0 aliphatic rings. The maximum absolute atomic E-state index is 12.5. The third kappa shape index (κ3) is 1.79.